The summed E-state index contributed by atoms with van der Waals surface area (Å²) in [6, 6.07) is 24.5. The van der Waals surface area contributed by atoms with Crippen LogP contribution < -0.4 is 0 Å². The molecule has 11 heteroatoms. The van der Waals surface area contributed by atoms with E-state index in [0.717, 1.165) is 74.1 Å². The van der Waals surface area contributed by atoms with Crippen molar-refractivity contribution in [1.82, 2.24) is 14.7 Å². The average molecular weight is 769 g/mol. The Morgan fingerprint density at radius 3 is 2.39 bits per heavy atom. The van der Waals surface area contributed by atoms with Crippen molar-refractivity contribution >= 4 is 60.9 Å². The van der Waals surface area contributed by atoms with Gasteiger partial charge in [0.1, 0.15) is 6.26 Å². The normalized spacial score (nSPS) is 19.2. The molecule has 0 aromatic heterocycles. The lowest BCUT2D eigenvalue weighted by atomic mass is 9.88. The van der Waals surface area contributed by atoms with E-state index in [4.69, 9.17) is 23.2 Å². The molecule has 4 aromatic rings. The number of hydrogen-bond acceptors (Lipinski definition) is 6. The SMILES string of the molecule is CN(CC(CCN1CCCCC1N1CCC(c2ccccc2[S+](C)[O-])CC1)c1ccc(Cl)c(Cl)c1)C(=O)c1cc(S(C)(=O)=O)cc2ccccc12. The van der Waals surface area contributed by atoms with Gasteiger partial charge < -0.3 is 9.45 Å². The number of amides is 1. The maximum atomic E-state index is 14.1. The van der Waals surface area contributed by atoms with Crippen molar-refractivity contribution in [3.63, 3.8) is 0 Å². The van der Waals surface area contributed by atoms with Gasteiger partial charge in [0, 0.05) is 56.5 Å². The minimum absolute atomic E-state index is 0.0298. The number of sulfone groups is 1. The zero-order valence-electron chi connectivity index (χ0n) is 29.6. The highest BCUT2D eigenvalue weighted by Gasteiger charge is 2.33. The van der Waals surface area contributed by atoms with E-state index in [1.54, 1.807) is 24.3 Å². The Hall–Kier alpha value is -2.63. The van der Waals surface area contributed by atoms with Crippen molar-refractivity contribution in [2.75, 3.05) is 52.3 Å². The second-order valence-corrected chi connectivity index (χ2v) is 18.3. The van der Waals surface area contributed by atoms with Gasteiger partial charge in [-0.2, -0.15) is 0 Å². The van der Waals surface area contributed by atoms with E-state index in [0.29, 0.717) is 39.6 Å². The summed E-state index contributed by atoms with van der Waals surface area (Å²) < 4.78 is 37.6. The summed E-state index contributed by atoms with van der Waals surface area (Å²) in [6.07, 6.45) is 9.68. The van der Waals surface area contributed by atoms with E-state index in [1.807, 2.05) is 54.6 Å². The molecule has 3 unspecified atom stereocenters. The van der Waals surface area contributed by atoms with Crippen LogP contribution in [-0.4, -0.2) is 92.0 Å². The molecule has 6 rings (SSSR count). The first-order chi connectivity index (χ1) is 24.4. The van der Waals surface area contributed by atoms with Gasteiger partial charge >= 0.3 is 0 Å². The van der Waals surface area contributed by atoms with Crippen LogP contribution in [0.3, 0.4) is 0 Å². The van der Waals surface area contributed by atoms with Gasteiger partial charge in [-0.1, -0.05) is 71.7 Å². The number of hydrogen-bond donors (Lipinski definition) is 0. The monoisotopic (exact) mass is 767 g/mol. The second kappa shape index (κ2) is 16.6. The van der Waals surface area contributed by atoms with Gasteiger partial charge in [0.2, 0.25) is 0 Å². The molecule has 2 aliphatic heterocycles. The summed E-state index contributed by atoms with van der Waals surface area (Å²) >= 11 is 11.9. The predicted molar refractivity (Wildman–Crippen MR) is 209 cm³/mol. The van der Waals surface area contributed by atoms with Crippen LogP contribution in [-0.2, 0) is 21.0 Å². The molecule has 2 heterocycles. The largest absolute Gasteiger partial charge is 0.612 e. The summed E-state index contributed by atoms with van der Waals surface area (Å²) in [5, 5.41) is 2.40. The predicted octanol–water partition coefficient (Wildman–Crippen LogP) is 8.23. The highest BCUT2D eigenvalue weighted by molar-refractivity contribution is 7.91. The smallest absolute Gasteiger partial charge is 0.254 e. The third-order valence-electron chi connectivity index (χ3n) is 10.7. The Morgan fingerprint density at radius 2 is 1.67 bits per heavy atom. The van der Waals surface area contributed by atoms with Crippen LogP contribution in [0.25, 0.3) is 10.8 Å². The molecule has 272 valence electrons. The first-order valence-corrected chi connectivity index (χ1v) is 21.9. The van der Waals surface area contributed by atoms with Crippen LogP contribution in [0, 0.1) is 0 Å². The number of benzene rings is 4. The van der Waals surface area contributed by atoms with E-state index in [1.165, 1.54) is 24.3 Å². The van der Waals surface area contributed by atoms with Crippen LogP contribution in [0.5, 0.6) is 0 Å². The van der Waals surface area contributed by atoms with Gasteiger partial charge in [0.15, 0.2) is 14.7 Å². The Morgan fingerprint density at radius 1 is 0.941 bits per heavy atom. The summed E-state index contributed by atoms with van der Waals surface area (Å²) in [5.41, 5.74) is 2.62. The summed E-state index contributed by atoms with van der Waals surface area (Å²) in [7, 11) is -1.74. The number of rotatable bonds is 11. The van der Waals surface area contributed by atoms with Crippen molar-refractivity contribution < 1.29 is 17.8 Å². The molecular weight excluding hydrogens is 721 g/mol. The minimum atomic E-state index is -3.53. The molecule has 0 aliphatic carbocycles. The number of likely N-dealkylation sites (tertiary alicyclic amines) is 2. The summed E-state index contributed by atoms with van der Waals surface area (Å²) in [4.78, 5) is 22.2. The Bertz CT molecular complexity index is 1970. The first-order valence-electron chi connectivity index (χ1n) is 17.7. The fraction of sp³-hybridized carbons (Fsp3) is 0.425. The zero-order chi connectivity index (χ0) is 36.3. The van der Waals surface area contributed by atoms with Gasteiger partial charge in [0.05, 0.1) is 21.1 Å². The third-order valence-corrected chi connectivity index (χ3v) is 13.5. The van der Waals surface area contributed by atoms with Crippen molar-refractivity contribution in [1.29, 1.82) is 0 Å². The minimum Gasteiger partial charge on any atom is -0.612 e. The molecule has 0 radical (unpaired) electrons. The van der Waals surface area contributed by atoms with Crippen LogP contribution >= 0.6 is 23.2 Å². The summed E-state index contributed by atoms with van der Waals surface area (Å²) in [6.45, 7) is 4.32. The molecule has 4 aromatic carbocycles. The first kappa shape index (κ1) is 38.1. The van der Waals surface area contributed by atoms with Gasteiger partial charge in [-0.25, -0.2) is 8.42 Å². The van der Waals surface area contributed by atoms with E-state index in [-0.39, 0.29) is 16.7 Å². The fourth-order valence-corrected chi connectivity index (χ4v) is 9.80. The zero-order valence-corrected chi connectivity index (χ0v) is 32.7. The van der Waals surface area contributed by atoms with E-state index < -0.39 is 21.0 Å². The highest BCUT2D eigenvalue weighted by Crippen LogP contribution is 2.36. The van der Waals surface area contributed by atoms with Crippen LogP contribution in [0.2, 0.25) is 10.0 Å². The third kappa shape index (κ3) is 8.95. The lowest BCUT2D eigenvalue weighted by Crippen LogP contribution is -2.53. The average Bonchev–Trinajstić information content (AvgIpc) is 3.13. The van der Waals surface area contributed by atoms with Crippen molar-refractivity contribution in [3.8, 4) is 0 Å². The van der Waals surface area contributed by atoms with Gasteiger partial charge in [-0.3, -0.25) is 14.6 Å². The number of piperidine rings is 2. The maximum Gasteiger partial charge on any atom is 0.254 e. The Kier molecular flexibility index (Phi) is 12.4. The molecule has 2 saturated heterocycles. The number of carbonyl (C=O) groups is 1. The molecule has 2 fully saturated rings. The number of carbonyl (C=O) groups excluding carboxylic acids is 1. The van der Waals surface area contributed by atoms with Gasteiger partial charge in [-0.15, -0.1) is 0 Å². The molecule has 7 nitrogen and oxygen atoms in total. The van der Waals surface area contributed by atoms with E-state index >= 15 is 0 Å². The molecule has 2 aliphatic rings. The summed E-state index contributed by atoms with van der Waals surface area (Å²) in [5.74, 6) is 0.160. The number of nitrogens with zero attached hydrogens (tertiary/aromatic N) is 3. The molecule has 1 amide bonds. The number of likely N-dealkylation sites (N-methyl/N-ethyl adjacent to an activating group) is 1. The van der Waals surface area contributed by atoms with E-state index in [9.17, 15) is 17.8 Å². The van der Waals surface area contributed by atoms with Gasteiger partial charge in [-0.05, 0) is 109 Å². The molecule has 0 saturated carbocycles. The van der Waals surface area contributed by atoms with Gasteiger partial charge in [0.25, 0.3) is 5.91 Å². The maximum absolute atomic E-state index is 14.1. The van der Waals surface area contributed by atoms with Crippen LogP contribution in [0.15, 0.2) is 88.7 Å². The fourth-order valence-electron chi connectivity index (χ4n) is 7.98. The highest BCUT2D eigenvalue weighted by atomic mass is 35.5. The number of fused-ring (bicyclic) bond motifs is 1. The molecule has 0 bridgehead atoms. The van der Waals surface area contributed by atoms with Crippen molar-refractivity contribution in [2.45, 2.75) is 66.3 Å². The molecule has 51 heavy (non-hydrogen) atoms. The van der Waals surface area contributed by atoms with Crippen LogP contribution in [0.4, 0.5) is 0 Å². The lowest BCUT2D eigenvalue weighted by molar-refractivity contribution is -0.00221. The number of halogens is 2. The van der Waals surface area contributed by atoms with Crippen molar-refractivity contribution in [2.24, 2.45) is 0 Å². The Labute approximate surface area is 316 Å². The molecule has 0 N–H and O–H groups in total. The van der Waals surface area contributed by atoms with E-state index in [2.05, 4.69) is 21.9 Å². The topological polar surface area (TPSA) is 84.0 Å². The van der Waals surface area contributed by atoms with Crippen molar-refractivity contribution in [3.05, 3.63) is 106 Å². The van der Waals surface area contributed by atoms with Crippen LogP contribution in [0.1, 0.15) is 71.8 Å². The second-order valence-electron chi connectivity index (χ2n) is 14.1. The quantitative estimate of drug-likeness (QED) is 0.143. The molecule has 3 atom stereocenters. The molecule has 0 spiro atoms. The molecular formula is C40H47Cl2N3O4S2. The Balaban J connectivity index is 1.19. The lowest BCUT2D eigenvalue weighted by Gasteiger charge is -2.46. The standard InChI is InChI=1S/C40H47Cl2N3O4S2/c1-43(40(46)35-26-32(51(3,48)49)24-30-10-4-5-11-33(30)35)27-31(29-15-16-36(41)37(42)25-29)19-23-44-20-9-8-14-39(44)45-21-17-28(18-22-45)34-12-6-7-13-38(34)50(2)47/h4-7,10-13,15-16,24-26,28,31,39H,8-9,14,17-23,27H2,1-3H3.